The molecule has 0 radical (unpaired) electrons. The third-order valence-electron chi connectivity index (χ3n) is 4.68. The van der Waals surface area contributed by atoms with Gasteiger partial charge in [0.25, 0.3) is 0 Å². The molecule has 0 bridgehead atoms. The van der Waals surface area contributed by atoms with Crippen LogP contribution in [0, 0.1) is 14.3 Å². The van der Waals surface area contributed by atoms with Gasteiger partial charge in [-0.25, -0.2) is 9.21 Å². The maximum atomic E-state index is 12.2. The maximum absolute atomic E-state index is 12.2. The number of fused-ring (bicyclic) bond motifs is 2. The van der Waals surface area contributed by atoms with Crippen molar-refractivity contribution in [1.29, 1.82) is 0 Å². The van der Waals surface area contributed by atoms with E-state index in [9.17, 15) is 20.1 Å². The van der Waals surface area contributed by atoms with Gasteiger partial charge in [-0.2, -0.15) is 0 Å². The SMILES string of the molecule is O=C(O)c1cc(Cl)c(Cl)c(Cl)c1-c1c2cc(I)c(O)c(I)c2[o+]c2c(I)c(O)c(I)cc12. The van der Waals surface area contributed by atoms with Crippen LogP contribution in [0.3, 0.4) is 0 Å². The largest absolute Gasteiger partial charge is 0.505 e. The molecule has 0 spiro atoms. The molecule has 3 N–H and O–H groups in total. The first-order valence-corrected chi connectivity index (χ1v) is 13.8. The van der Waals surface area contributed by atoms with Gasteiger partial charge in [0.05, 0.1) is 38.5 Å². The maximum Gasteiger partial charge on any atom is 0.378 e. The zero-order valence-electron chi connectivity index (χ0n) is 15.0. The van der Waals surface area contributed by atoms with E-state index in [0.29, 0.717) is 41.8 Å². The highest BCUT2D eigenvalue weighted by atomic mass is 127. The molecule has 12 heteroatoms. The van der Waals surface area contributed by atoms with Crippen LogP contribution in [0.5, 0.6) is 11.5 Å². The first kappa shape index (κ1) is 25.3. The van der Waals surface area contributed by atoms with Crippen LogP contribution < -0.4 is 0 Å². The molecule has 4 aromatic rings. The lowest BCUT2D eigenvalue weighted by Gasteiger charge is -2.15. The van der Waals surface area contributed by atoms with E-state index < -0.39 is 5.97 Å². The molecule has 0 fully saturated rings. The Kier molecular flexibility index (Phi) is 7.38. The molecule has 4 rings (SSSR count). The molecule has 32 heavy (non-hydrogen) atoms. The minimum Gasteiger partial charge on any atom is -0.505 e. The Bertz CT molecular complexity index is 1440. The van der Waals surface area contributed by atoms with Crippen molar-refractivity contribution in [1.82, 2.24) is 0 Å². The molecule has 0 atom stereocenters. The summed E-state index contributed by atoms with van der Waals surface area (Å²) in [5.41, 5.74) is 1.07. The summed E-state index contributed by atoms with van der Waals surface area (Å²) in [4.78, 5) is 12.2. The Balaban J connectivity index is 2.41. The van der Waals surface area contributed by atoms with Crippen LogP contribution in [0.2, 0.25) is 15.1 Å². The molecule has 0 aliphatic rings. The molecular formula is C20H6Cl3I4O5+. The Morgan fingerprint density at radius 3 is 1.69 bits per heavy atom. The number of carboxylic acid groups (broad SMARTS) is 1. The standard InChI is InChI=1S/C20H5Cl3I4O5/c21-7-1-6(20(30)31)11(13(23)12(7)22)10-4-2-8(24)16(28)14(26)18(4)32-19-5(10)3-9(25)17(29)15(19)27/h1-3H,(H2-,28,29,30,31)/p+1. The van der Waals surface area contributed by atoms with Crippen LogP contribution in [0.15, 0.2) is 22.6 Å². The Morgan fingerprint density at radius 1 is 0.781 bits per heavy atom. The molecule has 0 aliphatic heterocycles. The fourth-order valence-corrected chi connectivity index (χ4v) is 7.55. The Morgan fingerprint density at radius 2 is 1.25 bits per heavy atom. The number of phenols is 2. The van der Waals surface area contributed by atoms with Crippen LogP contribution >= 0.6 is 125 Å². The molecule has 0 aliphatic carbocycles. The van der Waals surface area contributed by atoms with E-state index in [2.05, 4.69) is 0 Å². The van der Waals surface area contributed by atoms with Crippen LogP contribution in [-0.2, 0) is 0 Å². The van der Waals surface area contributed by atoms with E-state index in [-0.39, 0.29) is 37.7 Å². The number of halogens is 7. The van der Waals surface area contributed by atoms with E-state index in [0.717, 1.165) is 0 Å². The van der Waals surface area contributed by atoms with Crippen LogP contribution in [0.1, 0.15) is 10.4 Å². The van der Waals surface area contributed by atoms with Gasteiger partial charge in [0.15, 0.2) is 18.6 Å². The Hall–Kier alpha value is 0.190. The summed E-state index contributed by atoms with van der Waals surface area (Å²) in [6.07, 6.45) is 0. The number of hydrogen-bond donors (Lipinski definition) is 3. The van der Waals surface area contributed by atoms with Crippen molar-refractivity contribution in [3.8, 4) is 22.6 Å². The number of carbonyl (C=O) groups is 1. The van der Waals surface area contributed by atoms with Crippen molar-refractivity contribution in [3.05, 3.63) is 53.1 Å². The second-order valence-corrected chi connectivity index (χ2v) is 12.1. The smallest absolute Gasteiger partial charge is 0.378 e. The van der Waals surface area contributed by atoms with Gasteiger partial charge in [-0.1, -0.05) is 34.8 Å². The molecule has 3 aromatic carbocycles. The van der Waals surface area contributed by atoms with E-state index in [1.807, 2.05) is 90.4 Å². The topological polar surface area (TPSA) is 89.1 Å². The van der Waals surface area contributed by atoms with Crippen LogP contribution in [-0.4, -0.2) is 21.3 Å². The third-order valence-corrected chi connectivity index (χ3v) is 9.59. The van der Waals surface area contributed by atoms with Crippen molar-refractivity contribution in [3.63, 3.8) is 0 Å². The monoisotopic (exact) mass is 939 g/mol. The van der Waals surface area contributed by atoms with Crippen LogP contribution in [0.4, 0.5) is 0 Å². The lowest BCUT2D eigenvalue weighted by atomic mass is 9.93. The van der Waals surface area contributed by atoms with E-state index in [1.54, 1.807) is 12.1 Å². The zero-order valence-corrected chi connectivity index (χ0v) is 25.9. The summed E-state index contributed by atoms with van der Waals surface area (Å²) in [5, 5.41) is 32.0. The second kappa shape index (κ2) is 9.33. The van der Waals surface area contributed by atoms with Crippen molar-refractivity contribution < 1.29 is 24.5 Å². The minimum atomic E-state index is -1.24. The molecule has 0 unspecified atom stereocenters. The van der Waals surface area contributed by atoms with Crippen molar-refractivity contribution in [2.75, 3.05) is 0 Å². The average Bonchev–Trinajstić information content (AvgIpc) is 2.74. The van der Waals surface area contributed by atoms with Crippen LogP contribution in [0.25, 0.3) is 33.1 Å². The lowest BCUT2D eigenvalue weighted by molar-refractivity contribution is 0.0697. The fraction of sp³-hybridized carbons (Fsp3) is 0. The minimum absolute atomic E-state index is 0.00987. The molecule has 0 amide bonds. The normalized spacial score (nSPS) is 11.5. The summed E-state index contributed by atoms with van der Waals surface area (Å²) in [7, 11) is 0. The molecule has 1 aromatic heterocycles. The first-order chi connectivity index (χ1) is 15.0. The average molecular weight is 940 g/mol. The van der Waals surface area contributed by atoms with Crippen molar-refractivity contribution >= 4 is 153 Å². The second-order valence-electron chi connectivity index (χ2n) is 6.49. The van der Waals surface area contributed by atoms with Crippen molar-refractivity contribution in [2.24, 2.45) is 0 Å². The van der Waals surface area contributed by atoms with Crippen molar-refractivity contribution in [2.45, 2.75) is 0 Å². The van der Waals surface area contributed by atoms with Gasteiger partial charge in [0, 0.05) is 11.1 Å². The number of hydrogen-bond acceptors (Lipinski definition) is 3. The molecular weight excluding hydrogens is 934 g/mol. The number of rotatable bonds is 2. The van der Waals surface area contributed by atoms with E-state index >= 15 is 0 Å². The van der Waals surface area contributed by atoms with Gasteiger partial charge < -0.3 is 15.3 Å². The van der Waals surface area contributed by atoms with Gasteiger partial charge in [-0.3, -0.25) is 0 Å². The highest BCUT2D eigenvalue weighted by Gasteiger charge is 2.33. The summed E-state index contributed by atoms with van der Waals surface area (Å²) >= 11 is 26.9. The summed E-state index contributed by atoms with van der Waals surface area (Å²) in [5.74, 6) is -1.19. The number of benzene rings is 3. The van der Waals surface area contributed by atoms with Gasteiger partial charge in [-0.15, -0.1) is 0 Å². The first-order valence-electron chi connectivity index (χ1n) is 8.34. The highest BCUT2D eigenvalue weighted by Crippen LogP contribution is 2.49. The summed E-state index contributed by atoms with van der Waals surface area (Å²) < 4.78 is 8.06. The fourth-order valence-electron chi connectivity index (χ4n) is 3.28. The lowest BCUT2D eigenvalue weighted by Crippen LogP contribution is -2.03. The molecule has 0 saturated heterocycles. The number of carboxylic acids is 1. The van der Waals surface area contributed by atoms with Gasteiger partial charge >= 0.3 is 17.1 Å². The zero-order chi connectivity index (χ0) is 23.6. The van der Waals surface area contributed by atoms with Gasteiger partial charge in [0.1, 0.15) is 0 Å². The Labute approximate surface area is 250 Å². The summed E-state index contributed by atoms with van der Waals surface area (Å²) in [6.45, 7) is 0. The predicted molar refractivity (Wildman–Crippen MR) is 160 cm³/mol. The van der Waals surface area contributed by atoms with Gasteiger partial charge in [-0.05, 0) is 109 Å². The molecule has 5 nitrogen and oxygen atoms in total. The van der Waals surface area contributed by atoms with Gasteiger partial charge in [0.2, 0.25) is 0 Å². The quantitative estimate of drug-likeness (QED) is 0.0809. The number of aromatic carboxylic acids is 1. The third kappa shape index (κ3) is 4.00. The summed E-state index contributed by atoms with van der Waals surface area (Å²) in [6, 6.07) is 4.62. The number of aromatic hydroxyl groups is 2. The highest BCUT2D eigenvalue weighted by molar-refractivity contribution is 14.1. The number of phenolic OH excluding ortho intramolecular Hbond substituents is 2. The molecule has 164 valence electrons. The van der Waals surface area contributed by atoms with E-state index in [4.69, 9.17) is 39.2 Å². The molecule has 0 saturated carbocycles. The predicted octanol–water partition coefficient (Wildman–Crippen LogP) is 9.02. The van der Waals surface area contributed by atoms with E-state index in [1.165, 1.54) is 6.07 Å². The molecule has 1 heterocycles.